The van der Waals surface area contributed by atoms with Gasteiger partial charge in [-0.2, -0.15) is 0 Å². The Labute approximate surface area is 162 Å². The lowest BCUT2D eigenvalue weighted by Gasteiger charge is -2.19. The molecule has 0 radical (unpaired) electrons. The van der Waals surface area contributed by atoms with Crippen molar-refractivity contribution in [3.8, 4) is 0 Å². The minimum atomic E-state index is -3.62. The van der Waals surface area contributed by atoms with E-state index in [1.54, 1.807) is 12.1 Å². The van der Waals surface area contributed by atoms with Crippen molar-refractivity contribution >= 4 is 15.9 Å². The molecule has 0 fully saturated rings. The maximum Gasteiger partial charge on any atom is 0.240 e. The molecule has 6 heteroatoms. The Morgan fingerprint density at radius 2 is 1.63 bits per heavy atom. The standard InChI is InChI=1S/C21H28N2O3S/c1-16-7-5-6-8-17(16)15-22-20(24)13-14-23-27(25,26)19-11-9-18(10-12-19)21(2,3)4/h5-12,23H,13-15H2,1-4H3,(H,22,24). The molecule has 2 aromatic rings. The molecule has 0 aliphatic carbocycles. The maximum absolute atomic E-state index is 12.4. The lowest BCUT2D eigenvalue weighted by atomic mass is 9.87. The zero-order chi connectivity index (χ0) is 20.1. The highest BCUT2D eigenvalue weighted by Gasteiger charge is 2.17. The Morgan fingerprint density at radius 3 is 2.22 bits per heavy atom. The smallest absolute Gasteiger partial charge is 0.240 e. The van der Waals surface area contributed by atoms with Crippen LogP contribution in [0.4, 0.5) is 0 Å². The zero-order valence-corrected chi connectivity index (χ0v) is 17.2. The first kappa shape index (κ1) is 21.1. The topological polar surface area (TPSA) is 75.3 Å². The van der Waals surface area contributed by atoms with Crippen molar-refractivity contribution in [2.75, 3.05) is 6.54 Å². The summed E-state index contributed by atoms with van der Waals surface area (Å²) in [5.41, 5.74) is 3.19. The molecule has 0 aliphatic heterocycles. The van der Waals surface area contributed by atoms with Crippen LogP contribution in [0.1, 0.15) is 43.9 Å². The van der Waals surface area contributed by atoms with Crippen molar-refractivity contribution in [1.29, 1.82) is 0 Å². The number of sulfonamides is 1. The predicted molar refractivity (Wildman–Crippen MR) is 108 cm³/mol. The number of carbonyl (C=O) groups is 1. The minimum Gasteiger partial charge on any atom is -0.352 e. The van der Waals surface area contributed by atoms with Crippen molar-refractivity contribution in [1.82, 2.24) is 10.0 Å². The largest absolute Gasteiger partial charge is 0.352 e. The Hall–Kier alpha value is -2.18. The molecule has 146 valence electrons. The fraction of sp³-hybridized carbons (Fsp3) is 0.381. The van der Waals surface area contributed by atoms with Gasteiger partial charge in [0, 0.05) is 19.5 Å². The van der Waals surface area contributed by atoms with Gasteiger partial charge in [-0.3, -0.25) is 4.79 Å². The molecular weight excluding hydrogens is 360 g/mol. The summed E-state index contributed by atoms with van der Waals surface area (Å²) in [6.45, 7) is 8.70. The highest BCUT2D eigenvalue weighted by atomic mass is 32.2. The molecule has 0 aromatic heterocycles. The van der Waals surface area contributed by atoms with Crippen LogP contribution in [0.5, 0.6) is 0 Å². The molecule has 27 heavy (non-hydrogen) atoms. The molecule has 0 saturated carbocycles. The van der Waals surface area contributed by atoms with E-state index in [2.05, 4.69) is 30.8 Å². The normalized spacial score (nSPS) is 12.0. The average molecular weight is 389 g/mol. The second-order valence-electron chi connectivity index (χ2n) is 7.63. The number of benzene rings is 2. The van der Waals surface area contributed by atoms with Crippen molar-refractivity contribution in [2.24, 2.45) is 0 Å². The van der Waals surface area contributed by atoms with Gasteiger partial charge in [0.15, 0.2) is 0 Å². The Bertz CT molecular complexity index is 882. The molecule has 5 nitrogen and oxygen atoms in total. The van der Waals surface area contributed by atoms with Crippen molar-refractivity contribution in [3.63, 3.8) is 0 Å². The van der Waals surface area contributed by atoms with Gasteiger partial charge in [-0.25, -0.2) is 13.1 Å². The van der Waals surface area contributed by atoms with E-state index in [-0.39, 0.29) is 29.2 Å². The van der Waals surface area contributed by atoms with Gasteiger partial charge < -0.3 is 5.32 Å². The summed E-state index contributed by atoms with van der Waals surface area (Å²) in [6, 6.07) is 14.7. The molecule has 0 spiro atoms. The minimum absolute atomic E-state index is 0.0368. The van der Waals surface area contributed by atoms with Gasteiger partial charge in [-0.05, 0) is 41.2 Å². The molecule has 2 aromatic carbocycles. The Balaban J connectivity index is 1.84. The molecule has 0 aliphatic rings. The Morgan fingerprint density at radius 1 is 1.00 bits per heavy atom. The zero-order valence-electron chi connectivity index (χ0n) is 16.4. The van der Waals surface area contributed by atoms with Crippen LogP contribution in [0, 0.1) is 6.92 Å². The van der Waals surface area contributed by atoms with Gasteiger partial charge in [0.25, 0.3) is 0 Å². The molecule has 2 N–H and O–H groups in total. The first-order valence-corrected chi connectivity index (χ1v) is 10.5. The number of aryl methyl sites for hydroxylation is 1. The van der Waals surface area contributed by atoms with Gasteiger partial charge in [-0.15, -0.1) is 0 Å². The SMILES string of the molecule is Cc1ccccc1CNC(=O)CCNS(=O)(=O)c1ccc(C(C)(C)C)cc1. The molecule has 0 atom stereocenters. The van der Waals surface area contributed by atoms with E-state index in [0.717, 1.165) is 16.7 Å². The summed E-state index contributed by atoms with van der Waals surface area (Å²) in [6.07, 6.45) is 0.0885. The van der Waals surface area contributed by atoms with Crippen molar-refractivity contribution < 1.29 is 13.2 Å². The number of amides is 1. The monoisotopic (exact) mass is 388 g/mol. The lowest BCUT2D eigenvalue weighted by molar-refractivity contribution is -0.121. The number of hydrogen-bond acceptors (Lipinski definition) is 3. The van der Waals surface area contributed by atoms with E-state index in [9.17, 15) is 13.2 Å². The third kappa shape index (κ3) is 6.19. The van der Waals surface area contributed by atoms with Gasteiger partial charge in [-0.1, -0.05) is 57.2 Å². The Kier molecular flexibility index (Phi) is 6.78. The predicted octanol–water partition coefficient (Wildman–Crippen LogP) is 3.28. The number of rotatable bonds is 7. The summed E-state index contributed by atoms with van der Waals surface area (Å²) < 4.78 is 27.2. The van der Waals surface area contributed by atoms with Crippen LogP contribution >= 0.6 is 0 Å². The molecular formula is C21H28N2O3S. The molecule has 2 rings (SSSR count). The summed E-state index contributed by atoms with van der Waals surface area (Å²) >= 11 is 0. The van der Waals surface area contributed by atoms with E-state index in [1.807, 2.05) is 43.3 Å². The van der Waals surface area contributed by atoms with E-state index < -0.39 is 10.0 Å². The highest BCUT2D eigenvalue weighted by molar-refractivity contribution is 7.89. The van der Waals surface area contributed by atoms with E-state index in [0.29, 0.717) is 6.54 Å². The highest BCUT2D eigenvalue weighted by Crippen LogP contribution is 2.23. The molecule has 1 amide bonds. The number of hydrogen-bond donors (Lipinski definition) is 2. The molecule has 0 bridgehead atoms. The number of nitrogens with one attached hydrogen (secondary N) is 2. The second kappa shape index (κ2) is 8.67. The maximum atomic E-state index is 12.4. The van der Waals surface area contributed by atoms with Gasteiger partial charge in [0.1, 0.15) is 0 Å². The van der Waals surface area contributed by atoms with Gasteiger partial charge in [0.05, 0.1) is 4.90 Å². The quantitative estimate of drug-likeness (QED) is 0.764. The van der Waals surface area contributed by atoms with Crippen LogP contribution in [-0.4, -0.2) is 20.9 Å². The van der Waals surface area contributed by atoms with Crippen molar-refractivity contribution in [3.05, 3.63) is 65.2 Å². The third-order valence-corrected chi connectivity index (χ3v) is 5.89. The molecule has 0 saturated heterocycles. The first-order valence-electron chi connectivity index (χ1n) is 9.01. The summed E-state index contributed by atoms with van der Waals surface area (Å²) in [5.74, 6) is -0.191. The van der Waals surface area contributed by atoms with Gasteiger partial charge in [0.2, 0.25) is 15.9 Å². The third-order valence-electron chi connectivity index (χ3n) is 4.41. The fourth-order valence-corrected chi connectivity index (χ4v) is 3.64. The fourth-order valence-electron chi connectivity index (χ4n) is 2.61. The number of carbonyl (C=O) groups excluding carboxylic acids is 1. The lowest BCUT2D eigenvalue weighted by Crippen LogP contribution is -2.30. The van der Waals surface area contributed by atoms with Crippen LogP contribution in [0.3, 0.4) is 0 Å². The van der Waals surface area contributed by atoms with Crippen LogP contribution in [0.15, 0.2) is 53.4 Å². The van der Waals surface area contributed by atoms with Crippen LogP contribution in [0.2, 0.25) is 0 Å². The van der Waals surface area contributed by atoms with E-state index >= 15 is 0 Å². The van der Waals surface area contributed by atoms with Crippen molar-refractivity contribution in [2.45, 2.75) is 51.0 Å². The summed E-state index contributed by atoms with van der Waals surface area (Å²) in [7, 11) is -3.62. The first-order chi connectivity index (χ1) is 12.6. The van der Waals surface area contributed by atoms with E-state index in [4.69, 9.17) is 0 Å². The van der Waals surface area contributed by atoms with Crippen LogP contribution in [-0.2, 0) is 26.8 Å². The van der Waals surface area contributed by atoms with Crippen LogP contribution in [0.25, 0.3) is 0 Å². The van der Waals surface area contributed by atoms with Gasteiger partial charge >= 0.3 is 0 Å². The van der Waals surface area contributed by atoms with E-state index in [1.165, 1.54) is 0 Å². The average Bonchev–Trinajstić information content (AvgIpc) is 2.60. The molecule has 0 unspecified atom stereocenters. The summed E-state index contributed by atoms with van der Waals surface area (Å²) in [4.78, 5) is 12.2. The second-order valence-corrected chi connectivity index (χ2v) is 9.39. The molecule has 0 heterocycles. The summed E-state index contributed by atoms with van der Waals surface area (Å²) in [5, 5.41) is 2.82. The van der Waals surface area contributed by atoms with Crippen LogP contribution < -0.4 is 10.0 Å².